The lowest BCUT2D eigenvalue weighted by Gasteiger charge is -2.08. The maximum Gasteiger partial charge on any atom is 0.318 e. The van der Waals surface area contributed by atoms with E-state index in [1.807, 2.05) is 49.4 Å². The van der Waals surface area contributed by atoms with Gasteiger partial charge < -0.3 is 9.47 Å². The van der Waals surface area contributed by atoms with Crippen LogP contribution in [0.2, 0.25) is 0 Å². The van der Waals surface area contributed by atoms with Gasteiger partial charge in [-0.25, -0.2) is 4.98 Å². The first-order chi connectivity index (χ1) is 13.1. The number of nitrogens with zero attached hydrogens (tertiary/aromatic N) is 1. The predicted molar refractivity (Wildman–Crippen MR) is 111 cm³/mol. The number of hydrogen-bond donors (Lipinski definition) is 0. The SMILES string of the molecule is COCc1nc(-c2ccc(SC(C)C(=O)OC)cc2)sc1-c1ccccc1. The van der Waals surface area contributed by atoms with Crippen LogP contribution in [0, 0.1) is 0 Å². The van der Waals surface area contributed by atoms with Crippen LogP contribution in [0.4, 0.5) is 0 Å². The van der Waals surface area contributed by atoms with Crippen molar-refractivity contribution in [2.24, 2.45) is 0 Å². The summed E-state index contributed by atoms with van der Waals surface area (Å²) in [6, 6.07) is 18.3. The zero-order chi connectivity index (χ0) is 19.2. The number of benzene rings is 2. The Morgan fingerprint density at radius 3 is 2.41 bits per heavy atom. The fourth-order valence-electron chi connectivity index (χ4n) is 2.62. The number of hydrogen-bond acceptors (Lipinski definition) is 6. The lowest BCUT2D eigenvalue weighted by atomic mass is 10.1. The fourth-order valence-corrected chi connectivity index (χ4v) is 4.59. The molecule has 0 saturated heterocycles. The smallest absolute Gasteiger partial charge is 0.318 e. The summed E-state index contributed by atoms with van der Waals surface area (Å²) in [4.78, 5) is 18.5. The van der Waals surface area contributed by atoms with Gasteiger partial charge in [-0.2, -0.15) is 0 Å². The predicted octanol–water partition coefficient (Wildman–Crippen LogP) is 5.28. The molecule has 3 rings (SSSR count). The average molecular weight is 400 g/mol. The molecule has 0 fully saturated rings. The monoisotopic (exact) mass is 399 g/mol. The van der Waals surface area contributed by atoms with E-state index in [1.165, 1.54) is 18.9 Å². The molecule has 6 heteroatoms. The van der Waals surface area contributed by atoms with Crippen LogP contribution in [0.1, 0.15) is 12.6 Å². The van der Waals surface area contributed by atoms with E-state index >= 15 is 0 Å². The molecule has 0 N–H and O–H groups in total. The molecule has 0 bridgehead atoms. The van der Waals surface area contributed by atoms with E-state index in [2.05, 4.69) is 12.1 Å². The topological polar surface area (TPSA) is 48.4 Å². The number of methoxy groups -OCH3 is 2. The average Bonchev–Trinajstić information content (AvgIpc) is 3.12. The van der Waals surface area contributed by atoms with Crippen LogP contribution in [-0.4, -0.2) is 30.4 Å². The van der Waals surface area contributed by atoms with Crippen LogP contribution >= 0.6 is 23.1 Å². The highest BCUT2D eigenvalue weighted by Gasteiger charge is 2.16. The lowest BCUT2D eigenvalue weighted by molar-refractivity contribution is -0.139. The molecule has 0 aliphatic rings. The molecular formula is C21H21NO3S2. The molecule has 0 saturated carbocycles. The summed E-state index contributed by atoms with van der Waals surface area (Å²) >= 11 is 3.14. The first kappa shape index (κ1) is 19.6. The zero-order valence-electron chi connectivity index (χ0n) is 15.5. The second-order valence-electron chi connectivity index (χ2n) is 5.90. The molecule has 1 unspecified atom stereocenters. The van der Waals surface area contributed by atoms with Crippen molar-refractivity contribution in [3.05, 3.63) is 60.3 Å². The summed E-state index contributed by atoms with van der Waals surface area (Å²) in [5.74, 6) is -0.222. The third-order valence-electron chi connectivity index (χ3n) is 3.96. The van der Waals surface area contributed by atoms with Gasteiger partial charge >= 0.3 is 5.97 Å². The van der Waals surface area contributed by atoms with Crippen LogP contribution in [0.5, 0.6) is 0 Å². The summed E-state index contributed by atoms with van der Waals surface area (Å²) < 4.78 is 10.1. The van der Waals surface area contributed by atoms with Gasteiger partial charge in [0.05, 0.1) is 24.3 Å². The van der Waals surface area contributed by atoms with Crippen molar-refractivity contribution in [1.82, 2.24) is 4.98 Å². The van der Waals surface area contributed by atoms with Crippen LogP contribution in [0.25, 0.3) is 21.0 Å². The quantitative estimate of drug-likeness (QED) is 0.400. The van der Waals surface area contributed by atoms with E-state index in [4.69, 9.17) is 14.5 Å². The Morgan fingerprint density at radius 1 is 1.07 bits per heavy atom. The minimum Gasteiger partial charge on any atom is -0.468 e. The second-order valence-corrected chi connectivity index (χ2v) is 8.31. The minimum absolute atomic E-state index is 0.222. The third-order valence-corrected chi connectivity index (χ3v) is 6.25. The van der Waals surface area contributed by atoms with Crippen LogP contribution in [0.15, 0.2) is 59.5 Å². The van der Waals surface area contributed by atoms with Gasteiger partial charge in [-0.05, 0) is 24.6 Å². The number of rotatable bonds is 7. The largest absolute Gasteiger partial charge is 0.468 e. The molecule has 0 aliphatic carbocycles. The number of aromatic nitrogens is 1. The van der Waals surface area contributed by atoms with Gasteiger partial charge in [-0.1, -0.05) is 42.5 Å². The van der Waals surface area contributed by atoms with Gasteiger partial charge in [-0.15, -0.1) is 23.1 Å². The normalized spacial score (nSPS) is 12.0. The number of esters is 1. The standard InChI is InChI=1S/C21H21NO3S2/c1-14(21(23)25-3)26-17-11-9-16(10-12-17)20-22-18(13-24-2)19(27-20)15-7-5-4-6-8-15/h4-12,14H,13H2,1-3H3. The maximum atomic E-state index is 11.6. The Labute approximate surface area is 167 Å². The number of carbonyl (C=O) groups is 1. The summed E-state index contributed by atoms with van der Waals surface area (Å²) in [6.07, 6.45) is 0. The molecule has 1 heterocycles. The third kappa shape index (κ3) is 4.77. The molecular weight excluding hydrogens is 378 g/mol. The van der Waals surface area contributed by atoms with E-state index < -0.39 is 0 Å². The van der Waals surface area contributed by atoms with Crippen LogP contribution < -0.4 is 0 Å². The Bertz CT molecular complexity index is 892. The number of carbonyl (C=O) groups excluding carboxylic acids is 1. The molecule has 0 aliphatic heterocycles. The van der Waals surface area contributed by atoms with Crippen molar-refractivity contribution < 1.29 is 14.3 Å². The Hall–Kier alpha value is -2.15. The summed E-state index contributed by atoms with van der Waals surface area (Å²) in [6.45, 7) is 2.32. The van der Waals surface area contributed by atoms with Crippen molar-refractivity contribution >= 4 is 29.1 Å². The lowest BCUT2D eigenvalue weighted by Crippen LogP contribution is -2.14. The molecule has 3 aromatic rings. The highest BCUT2D eigenvalue weighted by atomic mass is 32.2. The van der Waals surface area contributed by atoms with Crippen molar-refractivity contribution in [2.45, 2.75) is 23.7 Å². The van der Waals surface area contributed by atoms with E-state index in [9.17, 15) is 4.79 Å². The van der Waals surface area contributed by atoms with Gasteiger partial charge in [0, 0.05) is 17.6 Å². The molecule has 0 amide bonds. The van der Waals surface area contributed by atoms with E-state index in [0.717, 1.165) is 31.6 Å². The summed E-state index contributed by atoms with van der Waals surface area (Å²) in [5.41, 5.74) is 3.14. The molecule has 140 valence electrons. The maximum absolute atomic E-state index is 11.6. The van der Waals surface area contributed by atoms with Crippen molar-refractivity contribution in [1.29, 1.82) is 0 Å². The summed E-state index contributed by atoms with van der Waals surface area (Å²) in [7, 11) is 3.09. The Kier molecular flexibility index (Phi) is 6.66. The van der Waals surface area contributed by atoms with Gasteiger partial charge in [0.2, 0.25) is 0 Å². The highest BCUT2D eigenvalue weighted by Crippen LogP contribution is 2.36. The molecule has 2 aromatic carbocycles. The zero-order valence-corrected chi connectivity index (χ0v) is 17.1. The van der Waals surface area contributed by atoms with Crippen molar-refractivity contribution in [3.8, 4) is 21.0 Å². The summed E-state index contributed by atoms with van der Waals surface area (Å²) in [5, 5.41) is 0.720. The first-order valence-corrected chi connectivity index (χ1v) is 10.2. The highest BCUT2D eigenvalue weighted by molar-refractivity contribution is 8.00. The van der Waals surface area contributed by atoms with E-state index in [1.54, 1.807) is 18.4 Å². The molecule has 0 radical (unpaired) electrons. The minimum atomic E-state index is -0.237. The molecule has 4 nitrogen and oxygen atoms in total. The van der Waals surface area contributed by atoms with Crippen molar-refractivity contribution in [3.63, 3.8) is 0 Å². The van der Waals surface area contributed by atoms with Crippen LogP contribution in [-0.2, 0) is 20.9 Å². The van der Waals surface area contributed by atoms with Crippen molar-refractivity contribution in [2.75, 3.05) is 14.2 Å². The Morgan fingerprint density at radius 2 is 1.78 bits per heavy atom. The van der Waals surface area contributed by atoms with Gasteiger partial charge in [0.25, 0.3) is 0 Å². The van der Waals surface area contributed by atoms with E-state index in [0.29, 0.717) is 6.61 Å². The first-order valence-electron chi connectivity index (χ1n) is 8.51. The van der Waals surface area contributed by atoms with Gasteiger partial charge in [0.15, 0.2) is 0 Å². The molecule has 1 aromatic heterocycles. The Balaban J connectivity index is 1.85. The van der Waals surface area contributed by atoms with E-state index in [-0.39, 0.29) is 11.2 Å². The number of thioether (sulfide) groups is 1. The van der Waals surface area contributed by atoms with Gasteiger partial charge in [-0.3, -0.25) is 4.79 Å². The molecule has 0 spiro atoms. The fraction of sp³-hybridized carbons (Fsp3) is 0.238. The molecule has 1 atom stereocenters. The second kappa shape index (κ2) is 9.17. The number of ether oxygens (including phenoxy) is 2. The number of thiazole rings is 1. The van der Waals surface area contributed by atoms with Gasteiger partial charge in [0.1, 0.15) is 10.3 Å². The van der Waals surface area contributed by atoms with Crippen LogP contribution in [0.3, 0.4) is 0 Å². The molecule has 27 heavy (non-hydrogen) atoms.